The van der Waals surface area contributed by atoms with E-state index in [1.807, 2.05) is 0 Å². The molecule has 0 saturated heterocycles. The predicted molar refractivity (Wildman–Crippen MR) is 67.2 cm³/mol. The summed E-state index contributed by atoms with van der Waals surface area (Å²) in [5, 5.41) is 3.12. The number of nitrogens with zero attached hydrogens (tertiary/aromatic N) is 1. The largest absolute Gasteiger partial charge is 0.383 e. The summed E-state index contributed by atoms with van der Waals surface area (Å²) in [5.74, 6) is 0.212. The summed E-state index contributed by atoms with van der Waals surface area (Å²) in [7, 11) is 0. The Hall–Kier alpha value is -1.72. The number of anilines is 2. The van der Waals surface area contributed by atoms with Gasteiger partial charge >= 0.3 is 5.69 Å². The molecule has 1 aromatic rings. The predicted octanol–water partition coefficient (Wildman–Crippen LogP) is 0.349. The first kappa shape index (κ1) is 11.8. The molecular formula is C11H18N4O2. The average Bonchev–Trinajstić information content (AvgIpc) is 2.81. The molecule has 1 unspecified atom stereocenters. The number of nitrogen functional groups attached to an aromatic ring is 1. The van der Waals surface area contributed by atoms with Crippen LogP contribution < -0.4 is 22.3 Å². The summed E-state index contributed by atoms with van der Waals surface area (Å²) in [6.07, 6.45) is 0.997. The number of nitrogens with one attached hydrogen (secondary N) is 2. The van der Waals surface area contributed by atoms with E-state index in [9.17, 15) is 9.59 Å². The van der Waals surface area contributed by atoms with Crippen molar-refractivity contribution in [3.63, 3.8) is 0 Å². The molecule has 1 fully saturated rings. The van der Waals surface area contributed by atoms with Gasteiger partial charge in [0, 0.05) is 12.6 Å². The van der Waals surface area contributed by atoms with Gasteiger partial charge in [-0.2, -0.15) is 0 Å². The van der Waals surface area contributed by atoms with Crippen LogP contribution in [0.15, 0.2) is 9.59 Å². The molecule has 0 aliphatic heterocycles. The highest BCUT2D eigenvalue weighted by Gasteiger charge is 2.46. The third-order valence-corrected chi connectivity index (χ3v) is 3.39. The molecule has 1 aliphatic rings. The van der Waals surface area contributed by atoms with E-state index in [0.717, 1.165) is 6.42 Å². The molecule has 1 heterocycles. The highest BCUT2D eigenvalue weighted by atomic mass is 16.2. The van der Waals surface area contributed by atoms with Crippen molar-refractivity contribution >= 4 is 11.5 Å². The van der Waals surface area contributed by atoms with Crippen LogP contribution in [0.2, 0.25) is 0 Å². The molecule has 17 heavy (non-hydrogen) atoms. The Labute approximate surface area is 98.8 Å². The van der Waals surface area contributed by atoms with E-state index in [2.05, 4.69) is 24.1 Å². The maximum Gasteiger partial charge on any atom is 0.330 e. The first-order valence-corrected chi connectivity index (χ1v) is 5.76. The van der Waals surface area contributed by atoms with Crippen LogP contribution >= 0.6 is 0 Å². The standard InChI is InChI=1S/C11H18N4O2/c1-4-15-8(12)7(9(16)14-10(15)17)13-6-5-11(6,2)3/h6,13H,4-5,12H2,1-3H3,(H,14,16,17). The van der Waals surface area contributed by atoms with E-state index in [1.54, 1.807) is 6.92 Å². The zero-order chi connectivity index (χ0) is 12.8. The number of aromatic amines is 1. The smallest absolute Gasteiger partial charge is 0.330 e. The third kappa shape index (κ3) is 1.94. The maximum absolute atomic E-state index is 11.7. The Morgan fingerprint density at radius 1 is 1.53 bits per heavy atom. The van der Waals surface area contributed by atoms with Crippen molar-refractivity contribution in [1.82, 2.24) is 9.55 Å². The van der Waals surface area contributed by atoms with Crippen molar-refractivity contribution in [1.29, 1.82) is 0 Å². The van der Waals surface area contributed by atoms with Crippen molar-refractivity contribution in [3.8, 4) is 0 Å². The van der Waals surface area contributed by atoms with Gasteiger partial charge in [0.1, 0.15) is 11.5 Å². The Morgan fingerprint density at radius 2 is 2.12 bits per heavy atom. The average molecular weight is 238 g/mol. The molecule has 1 saturated carbocycles. The SMILES string of the molecule is CCn1c(N)c(NC2CC2(C)C)c(=O)[nH]c1=O. The molecule has 94 valence electrons. The summed E-state index contributed by atoms with van der Waals surface area (Å²) in [4.78, 5) is 25.4. The Balaban J connectivity index is 2.41. The van der Waals surface area contributed by atoms with Crippen LogP contribution in [-0.4, -0.2) is 15.6 Å². The lowest BCUT2D eigenvalue weighted by Crippen LogP contribution is -2.34. The molecule has 0 amide bonds. The zero-order valence-electron chi connectivity index (χ0n) is 10.3. The molecular weight excluding hydrogens is 220 g/mol. The lowest BCUT2D eigenvalue weighted by atomic mass is 10.2. The van der Waals surface area contributed by atoms with Crippen LogP contribution in [0.3, 0.4) is 0 Å². The van der Waals surface area contributed by atoms with Crippen molar-refractivity contribution in [2.75, 3.05) is 11.1 Å². The van der Waals surface area contributed by atoms with E-state index < -0.39 is 11.2 Å². The summed E-state index contributed by atoms with van der Waals surface area (Å²) in [5.41, 5.74) is 5.43. The van der Waals surface area contributed by atoms with Gasteiger partial charge in [0.15, 0.2) is 0 Å². The zero-order valence-corrected chi connectivity index (χ0v) is 10.3. The molecule has 4 N–H and O–H groups in total. The Morgan fingerprint density at radius 3 is 2.59 bits per heavy atom. The summed E-state index contributed by atoms with van der Waals surface area (Å²) >= 11 is 0. The van der Waals surface area contributed by atoms with Crippen LogP contribution in [0.5, 0.6) is 0 Å². The second-order valence-electron chi connectivity index (χ2n) is 5.15. The normalized spacial score (nSPS) is 21.2. The quantitative estimate of drug-likeness (QED) is 0.708. The monoisotopic (exact) mass is 238 g/mol. The van der Waals surface area contributed by atoms with E-state index in [1.165, 1.54) is 4.57 Å². The number of nitrogens with two attached hydrogens (primary N) is 1. The third-order valence-electron chi connectivity index (χ3n) is 3.39. The molecule has 6 nitrogen and oxygen atoms in total. The molecule has 1 atom stereocenters. The van der Waals surface area contributed by atoms with Gasteiger partial charge in [-0.25, -0.2) is 4.79 Å². The van der Waals surface area contributed by atoms with Crippen molar-refractivity contribution in [3.05, 3.63) is 20.8 Å². The molecule has 0 bridgehead atoms. The summed E-state index contributed by atoms with van der Waals surface area (Å²) in [6, 6.07) is 0.244. The van der Waals surface area contributed by atoms with Crippen LogP contribution in [0.1, 0.15) is 27.2 Å². The first-order valence-electron chi connectivity index (χ1n) is 5.76. The van der Waals surface area contributed by atoms with Gasteiger partial charge in [0.2, 0.25) is 0 Å². The van der Waals surface area contributed by atoms with Crippen LogP contribution in [0.4, 0.5) is 11.5 Å². The number of aromatic nitrogens is 2. The molecule has 1 aromatic heterocycles. The van der Waals surface area contributed by atoms with Gasteiger partial charge in [-0.1, -0.05) is 13.8 Å². The van der Waals surface area contributed by atoms with E-state index in [0.29, 0.717) is 12.2 Å². The summed E-state index contributed by atoms with van der Waals surface area (Å²) in [6.45, 7) is 6.47. The van der Waals surface area contributed by atoms with Gasteiger partial charge in [0.05, 0.1) is 0 Å². The van der Waals surface area contributed by atoms with Crippen LogP contribution in [0, 0.1) is 5.41 Å². The van der Waals surface area contributed by atoms with E-state index in [4.69, 9.17) is 5.73 Å². The fourth-order valence-electron chi connectivity index (χ4n) is 1.93. The molecule has 6 heteroatoms. The minimum absolute atomic E-state index is 0.187. The van der Waals surface area contributed by atoms with Crippen LogP contribution in [-0.2, 0) is 6.54 Å². The number of hydrogen-bond donors (Lipinski definition) is 3. The highest BCUT2D eigenvalue weighted by molar-refractivity contribution is 5.61. The van der Waals surface area contributed by atoms with Crippen LogP contribution in [0.25, 0.3) is 0 Å². The highest BCUT2D eigenvalue weighted by Crippen LogP contribution is 2.46. The molecule has 0 aromatic carbocycles. The van der Waals surface area contributed by atoms with E-state index in [-0.39, 0.29) is 17.3 Å². The van der Waals surface area contributed by atoms with Gasteiger partial charge < -0.3 is 11.1 Å². The Kier molecular flexibility index (Phi) is 2.52. The fraction of sp³-hybridized carbons (Fsp3) is 0.636. The van der Waals surface area contributed by atoms with Gasteiger partial charge in [-0.05, 0) is 18.8 Å². The summed E-state index contributed by atoms with van der Waals surface area (Å²) < 4.78 is 1.35. The van der Waals surface area contributed by atoms with Crippen molar-refractivity contribution in [2.24, 2.45) is 5.41 Å². The van der Waals surface area contributed by atoms with Gasteiger partial charge in [-0.3, -0.25) is 14.3 Å². The molecule has 1 aliphatic carbocycles. The lowest BCUT2D eigenvalue weighted by Gasteiger charge is -2.13. The molecule has 2 rings (SSSR count). The lowest BCUT2D eigenvalue weighted by molar-refractivity contribution is 0.629. The fourth-order valence-corrected chi connectivity index (χ4v) is 1.93. The second kappa shape index (κ2) is 3.65. The first-order chi connectivity index (χ1) is 7.86. The molecule has 0 spiro atoms. The second-order valence-corrected chi connectivity index (χ2v) is 5.15. The number of H-pyrrole nitrogens is 1. The number of hydrogen-bond acceptors (Lipinski definition) is 4. The van der Waals surface area contributed by atoms with Gasteiger partial charge in [0.25, 0.3) is 5.56 Å². The maximum atomic E-state index is 11.7. The number of rotatable bonds is 3. The topological polar surface area (TPSA) is 92.9 Å². The minimum atomic E-state index is -0.462. The Bertz CT molecular complexity index is 556. The molecule has 0 radical (unpaired) electrons. The van der Waals surface area contributed by atoms with E-state index >= 15 is 0 Å². The van der Waals surface area contributed by atoms with Crippen molar-refractivity contribution in [2.45, 2.75) is 39.8 Å². The minimum Gasteiger partial charge on any atom is -0.383 e. The van der Waals surface area contributed by atoms with Gasteiger partial charge in [-0.15, -0.1) is 0 Å². The van der Waals surface area contributed by atoms with Crippen molar-refractivity contribution < 1.29 is 0 Å².